The van der Waals surface area contributed by atoms with Gasteiger partial charge >= 0.3 is 5.69 Å². The monoisotopic (exact) mass is 245 g/mol. The SMILES string of the molecule is O=c1cnn([C@@H]2O[C@H](CO)[C@H](O)C2O)c(=O)[nH]1. The highest BCUT2D eigenvalue weighted by Gasteiger charge is 2.44. The lowest BCUT2D eigenvalue weighted by molar-refractivity contribution is -0.0618. The zero-order valence-electron chi connectivity index (χ0n) is 8.55. The van der Waals surface area contributed by atoms with Crippen LogP contribution in [0.5, 0.6) is 0 Å². The first-order valence-corrected chi connectivity index (χ1v) is 4.85. The van der Waals surface area contributed by atoms with Crippen molar-refractivity contribution in [3.8, 4) is 0 Å². The molecule has 0 bridgehead atoms. The maximum Gasteiger partial charge on any atom is 0.347 e. The number of aromatic amines is 1. The molecular formula is C8H11N3O6. The van der Waals surface area contributed by atoms with E-state index in [1.165, 1.54) is 0 Å². The van der Waals surface area contributed by atoms with E-state index in [-0.39, 0.29) is 0 Å². The molecule has 0 spiro atoms. The summed E-state index contributed by atoms with van der Waals surface area (Å²) in [6.07, 6.45) is -4.15. The Morgan fingerprint density at radius 1 is 1.41 bits per heavy atom. The molecule has 0 amide bonds. The maximum absolute atomic E-state index is 11.4. The van der Waals surface area contributed by atoms with Crippen LogP contribution in [0.3, 0.4) is 0 Å². The Hall–Kier alpha value is -1.55. The smallest absolute Gasteiger partial charge is 0.347 e. The summed E-state index contributed by atoms with van der Waals surface area (Å²) < 4.78 is 5.77. The molecule has 0 radical (unpaired) electrons. The van der Waals surface area contributed by atoms with Crippen molar-refractivity contribution in [1.29, 1.82) is 0 Å². The van der Waals surface area contributed by atoms with E-state index in [4.69, 9.17) is 9.84 Å². The Balaban J connectivity index is 2.35. The number of ether oxygens (including phenoxy) is 1. The van der Waals surface area contributed by atoms with Gasteiger partial charge in [-0.3, -0.25) is 9.78 Å². The second-order valence-corrected chi connectivity index (χ2v) is 3.61. The molecule has 1 unspecified atom stereocenters. The van der Waals surface area contributed by atoms with E-state index in [9.17, 15) is 19.8 Å². The number of nitrogens with one attached hydrogen (secondary N) is 1. The summed E-state index contributed by atoms with van der Waals surface area (Å²) in [5, 5.41) is 31.5. The quantitative estimate of drug-likeness (QED) is 0.425. The van der Waals surface area contributed by atoms with E-state index in [0.717, 1.165) is 6.20 Å². The molecule has 17 heavy (non-hydrogen) atoms. The van der Waals surface area contributed by atoms with Crippen LogP contribution in [0, 0.1) is 0 Å². The van der Waals surface area contributed by atoms with Crippen LogP contribution in [-0.4, -0.2) is 55.0 Å². The van der Waals surface area contributed by atoms with Gasteiger partial charge in [0.05, 0.1) is 6.61 Å². The molecule has 1 aromatic heterocycles. The second kappa shape index (κ2) is 4.37. The van der Waals surface area contributed by atoms with Gasteiger partial charge in [-0.15, -0.1) is 0 Å². The lowest BCUT2D eigenvalue weighted by atomic mass is 10.1. The molecule has 1 saturated heterocycles. The average Bonchev–Trinajstić information content (AvgIpc) is 2.57. The summed E-state index contributed by atoms with van der Waals surface area (Å²) in [4.78, 5) is 24.1. The highest BCUT2D eigenvalue weighted by molar-refractivity contribution is 4.88. The minimum Gasteiger partial charge on any atom is -0.394 e. The first-order chi connectivity index (χ1) is 8.04. The molecule has 94 valence electrons. The van der Waals surface area contributed by atoms with Crippen molar-refractivity contribution < 1.29 is 20.1 Å². The van der Waals surface area contributed by atoms with Gasteiger partial charge in [-0.1, -0.05) is 0 Å². The number of rotatable bonds is 2. The number of aromatic nitrogens is 3. The third-order valence-electron chi connectivity index (χ3n) is 2.50. The van der Waals surface area contributed by atoms with Crippen LogP contribution < -0.4 is 11.2 Å². The van der Waals surface area contributed by atoms with Gasteiger partial charge in [0.1, 0.15) is 24.5 Å². The maximum atomic E-state index is 11.4. The van der Waals surface area contributed by atoms with E-state index < -0.39 is 42.4 Å². The van der Waals surface area contributed by atoms with Gasteiger partial charge in [0, 0.05) is 0 Å². The molecular weight excluding hydrogens is 234 g/mol. The molecule has 0 aliphatic carbocycles. The van der Waals surface area contributed by atoms with E-state index in [1.54, 1.807) is 0 Å². The molecule has 1 aliphatic heterocycles. The van der Waals surface area contributed by atoms with Crippen molar-refractivity contribution in [1.82, 2.24) is 14.8 Å². The summed E-state index contributed by atoms with van der Waals surface area (Å²) in [5.74, 6) is 0. The Kier molecular flexibility index (Phi) is 3.07. The largest absolute Gasteiger partial charge is 0.394 e. The summed E-state index contributed by atoms with van der Waals surface area (Å²) >= 11 is 0. The van der Waals surface area contributed by atoms with E-state index >= 15 is 0 Å². The van der Waals surface area contributed by atoms with E-state index in [1.807, 2.05) is 4.98 Å². The van der Waals surface area contributed by atoms with Crippen LogP contribution >= 0.6 is 0 Å². The van der Waals surface area contributed by atoms with Gasteiger partial charge in [-0.05, 0) is 0 Å². The summed E-state index contributed by atoms with van der Waals surface area (Å²) in [6.45, 7) is -0.507. The molecule has 4 atom stereocenters. The van der Waals surface area contributed by atoms with Gasteiger partial charge < -0.3 is 20.1 Å². The lowest BCUT2D eigenvalue weighted by Gasteiger charge is -2.14. The van der Waals surface area contributed by atoms with Crippen molar-refractivity contribution in [2.24, 2.45) is 0 Å². The van der Waals surface area contributed by atoms with Crippen molar-refractivity contribution >= 4 is 0 Å². The zero-order chi connectivity index (χ0) is 12.6. The van der Waals surface area contributed by atoms with Gasteiger partial charge in [0.2, 0.25) is 0 Å². The summed E-state index contributed by atoms with van der Waals surface area (Å²) in [6, 6.07) is 0. The number of aliphatic hydroxyl groups excluding tert-OH is 3. The van der Waals surface area contributed by atoms with Gasteiger partial charge in [0.15, 0.2) is 6.23 Å². The van der Waals surface area contributed by atoms with Gasteiger partial charge in [-0.25, -0.2) is 4.79 Å². The third kappa shape index (κ3) is 2.00. The normalized spacial score (nSPS) is 32.9. The van der Waals surface area contributed by atoms with Crippen LogP contribution in [0.2, 0.25) is 0 Å². The number of hydrogen-bond acceptors (Lipinski definition) is 7. The van der Waals surface area contributed by atoms with Crippen molar-refractivity contribution in [3.05, 3.63) is 27.0 Å². The topological polar surface area (TPSA) is 138 Å². The van der Waals surface area contributed by atoms with Crippen molar-refractivity contribution in [3.63, 3.8) is 0 Å². The molecule has 2 rings (SSSR count). The lowest BCUT2D eigenvalue weighted by Crippen LogP contribution is -2.39. The molecule has 1 aromatic rings. The minimum atomic E-state index is -1.41. The Morgan fingerprint density at radius 2 is 2.12 bits per heavy atom. The average molecular weight is 245 g/mol. The first-order valence-electron chi connectivity index (χ1n) is 4.85. The number of hydrogen-bond donors (Lipinski definition) is 4. The van der Waals surface area contributed by atoms with Crippen LogP contribution in [0.4, 0.5) is 0 Å². The zero-order valence-corrected chi connectivity index (χ0v) is 8.55. The van der Waals surface area contributed by atoms with Crippen LogP contribution in [0.25, 0.3) is 0 Å². The predicted molar refractivity (Wildman–Crippen MR) is 52.1 cm³/mol. The van der Waals surface area contributed by atoms with Crippen molar-refractivity contribution in [2.75, 3.05) is 6.61 Å². The fourth-order valence-electron chi connectivity index (χ4n) is 1.63. The fraction of sp³-hybridized carbons (Fsp3) is 0.625. The first kappa shape index (κ1) is 11.9. The number of nitrogens with zero attached hydrogens (tertiary/aromatic N) is 2. The molecule has 2 heterocycles. The molecule has 4 N–H and O–H groups in total. The molecule has 0 aromatic carbocycles. The number of H-pyrrole nitrogens is 1. The molecule has 1 aliphatic rings. The van der Waals surface area contributed by atoms with Crippen molar-refractivity contribution in [2.45, 2.75) is 24.5 Å². The molecule has 9 nitrogen and oxygen atoms in total. The Labute approximate surface area is 93.9 Å². The summed E-state index contributed by atoms with van der Waals surface area (Å²) in [7, 11) is 0. The standard InChI is InChI=1S/C8H11N3O6/c12-2-3-5(14)6(15)7(17-3)11-8(16)10-4(13)1-9-11/h1,3,5-7,12,14-15H,2H2,(H,10,13,16)/t3-,5+,6?,7-/m1/s1. The van der Waals surface area contributed by atoms with Gasteiger partial charge in [0.25, 0.3) is 5.56 Å². The van der Waals surface area contributed by atoms with Gasteiger partial charge in [-0.2, -0.15) is 9.78 Å². The predicted octanol–water partition coefficient (Wildman–Crippen LogP) is -3.46. The Morgan fingerprint density at radius 3 is 2.65 bits per heavy atom. The Bertz CT molecular complexity index is 510. The summed E-state index contributed by atoms with van der Waals surface area (Å²) in [5.41, 5.74) is -1.55. The molecule has 9 heteroatoms. The fourth-order valence-corrected chi connectivity index (χ4v) is 1.63. The van der Waals surface area contributed by atoms with E-state index in [2.05, 4.69) is 5.10 Å². The van der Waals surface area contributed by atoms with E-state index in [0.29, 0.717) is 4.68 Å². The van der Waals surface area contributed by atoms with Crippen LogP contribution in [0.1, 0.15) is 6.23 Å². The second-order valence-electron chi connectivity index (χ2n) is 3.61. The van der Waals surface area contributed by atoms with Crippen LogP contribution in [0.15, 0.2) is 15.8 Å². The number of aliphatic hydroxyl groups is 3. The third-order valence-corrected chi connectivity index (χ3v) is 2.50. The highest BCUT2D eigenvalue weighted by atomic mass is 16.6. The molecule has 0 saturated carbocycles. The van der Waals surface area contributed by atoms with Crippen LogP contribution in [-0.2, 0) is 4.74 Å². The minimum absolute atomic E-state index is 0.507. The highest BCUT2D eigenvalue weighted by Crippen LogP contribution is 2.27. The molecule has 1 fully saturated rings.